The summed E-state index contributed by atoms with van der Waals surface area (Å²) in [6.07, 6.45) is 0. The van der Waals surface area contributed by atoms with Gasteiger partial charge in [-0.05, 0) is 29.2 Å². The Labute approximate surface area is 157 Å². The molecule has 0 atom stereocenters. The van der Waals surface area contributed by atoms with Crippen LogP contribution in [0.1, 0.15) is 36.7 Å². The van der Waals surface area contributed by atoms with E-state index in [1.807, 2.05) is 18.2 Å². The van der Waals surface area contributed by atoms with E-state index in [4.69, 9.17) is 23.2 Å². The summed E-state index contributed by atoms with van der Waals surface area (Å²) < 4.78 is 0. The van der Waals surface area contributed by atoms with Crippen molar-refractivity contribution in [3.8, 4) is 6.07 Å². The van der Waals surface area contributed by atoms with Crippen LogP contribution < -0.4 is 5.43 Å². The predicted molar refractivity (Wildman–Crippen MR) is 103 cm³/mol. The van der Waals surface area contributed by atoms with Crippen LogP contribution in [0.5, 0.6) is 0 Å². The number of nitriles is 1. The number of halogens is 2. The molecule has 2 aromatic rings. The van der Waals surface area contributed by atoms with E-state index < -0.39 is 5.78 Å². The highest BCUT2D eigenvalue weighted by atomic mass is 35.5. The third-order valence-corrected chi connectivity index (χ3v) is 3.93. The molecule has 0 aromatic heterocycles. The van der Waals surface area contributed by atoms with Gasteiger partial charge in [-0.3, -0.25) is 10.2 Å². The highest BCUT2D eigenvalue weighted by molar-refractivity contribution is 6.51. The summed E-state index contributed by atoms with van der Waals surface area (Å²) in [7, 11) is 0. The Bertz CT molecular complexity index is 839. The summed E-state index contributed by atoms with van der Waals surface area (Å²) >= 11 is 11.8. The van der Waals surface area contributed by atoms with Crippen LogP contribution in [0.25, 0.3) is 0 Å². The van der Waals surface area contributed by atoms with Crippen LogP contribution in [0.15, 0.2) is 47.6 Å². The maximum Gasteiger partial charge on any atom is 0.223 e. The summed E-state index contributed by atoms with van der Waals surface area (Å²) in [5.74, 6) is -0.455. The molecule has 0 aliphatic heterocycles. The summed E-state index contributed by atoms with van der Waals surface area (Å²) in [6, 6.07) is 13.7. The van der Waals surface area contributed by atoms with Crippen LogP contribution in [0.4, 0.5) is 5.69 Å². The molecule has 0 aliphatic carbocycles. The predicted octanol–water partition coefficient (Wildman–Crippen LogP) is 5.47. The Morgan fingerprint density at radius 2 is 1.64 bits per heavy atom. The minimum atomic E-state index is -0.455. The fraction of sp³-hybridized carbons (Fsp3) is 0.211. The van der Waals surface area contributed by atoms with Gasteiger partial charge in [0.05, 0.1) is 5.69 Å². The maximum absolute atomic E-state index is 12.4. The molecule has 128 valence electrons. The van der Waals surface area contributed by atoms with Crippen LogP contribution >= 0.6 is 23.2 Å². The number of anilines is 1. The van der Waals surface area contributed by atoms with Crippen molar-refractivity contribution in [1.29, 1.82) is 5.26 Å². The number of Topliss-reactive ketones (excluding diaryl/α,β-unsaturated/α-hetero) is 1. The molecule has 0 radical (unpaired) electrons. The van der Waals surface area contributed by atoms with Gasteiger partial charge in [0.25, 0.3) is 0 Å². The van der Waals surface area contributed by atoms with E-state index in [1.165, 1.54) is 0 Å². The minimum Gasteiger partial charge on any atom is -0.286 e. The van der Waals surface area contributed by atoms with Crippen LogP contribution in [0, 0.1) is 11.3 Å². The second-order valence-corrected chi connectivity index (χ2v) is 7.37. The van der Waals surface area contributed by atoms with Gasteiger partial charge in [0.1, 0.15) is 6.07 Å². The Morgan fingerprint density at radius 3 is 2.12 bits per heavy atom. The van der Waals surface area contributed by atoms with Crippen molar-refractivity contribution in [2.24, 2.45) is 5.10 Å². The Kier molecular flexibility index (Phi) is 5.84. The van der Waals surface area contributed by atoms with Gasteiger partial charge < -0.3 is 0 Å². The molecule has 6 heteroatoms. The zero-order valence-electron chi connectivity index (χ0n) is 14.1. The van der Waals surface area contributed by atoms with Gasteiger partial charge in [0, 0.05) is 15.6 Å². The van der Waals surface area contributed by atoms with Gasteiger partial charge in [0.15, 0.2) is 0 Å². The molecule has 0 heterocycles. The molecule has 1 N–H and O–H groups in total. The van der Waals surface area contributed by atoms with Crippen LogP contribution in [0.3, 0.4) is 0 Å². The minimum absolute atomic E-state index is 0.0128. The van der Waals surface area contributed by atoms with E-state index in [1.54, 1.807) is 30.3 Å². The summed E-state index contributed by atoms with van der Waals surface area (Å²) in [5.41, 5.74) is 4.37. The smallest absolute Gasteiger partial charge is 0.223 e. The van der Waals surface area contributed by atoms with Crippen LogP contribution in [-0.2, 0) is 5.41 Å². The molecule has 0 aliphatic rings. The molecule has 0 saturated carbocycles. The Morgan fingerprint density at radius 1 is 1.08 bits per heavy atom. The topological polar surface area (TPSA) is 65.2 Å². The second kappa shape index (κ2) is 7.69. The lowest BCUT2D eigenvalue weighted by Gasteiger charge is -2.18. The van der Waals surface area contributed by atoms with E-state index in [9.17, 15) is 10.1 Å². The molecule has 0 saturated heterocycles. The van der Waals surface area contributed by atoms with Gasteiger partial charge in [0.2, 0.25) is 11.5 Å². The highest BCUT2D eigenvalue weighted by Gasteiger charge is 2.17. The van der Waals surface area contributed by atoms with Crippen molar-refractivity contribution >= 4 is 40.4 Å². The fourth-order valence-corrected chi connectivity index (χ4v) is 2.65. The fourth-order valence-electron chi connectivity index (χ4n) is 2.12. The number of hydrogen-bond donors (Lipinski definition) is 1. The van der Waals surface area contributed by atoms with Gasteiger partial charge in [-0.2, -0.15) is 10.4 Å². The SMILES string of the molecule is CC(C)(C)c1ccc(C(=O)/C(C#N)=N/Nc2cc(Cl)cc(Cl)c2)cc1. The number of nitrogens with one attached hydrogen (secondary N) is 1. The number of carbonyl (C=O) groups excluding carboxylic acids is 1. The number of ketones is 1. The monoisotopic (exact) mass is 373 g/mol. The van der Waals surface area contributed by atoms with E-state index in [-0.39, 0.29) is 11.1 Å². The van der Waals surface area contributed by atoms with E-state index >= 15 is 0 Å². The number of benzene rings is 2. The molecule has 0 amide bonds. The molecule has 0 unspecified atom stereocenters. The lowest BCUT2D eigenvalue weighted by molar-refractivity contribution is 0.106. The van der Waals surface area contributed by atoms with Crippen LogP contribution in [-0.4, -0.2) is 11.5 Å². The van der Waals surface area contributed by atoms with Crippen molar-refractivity contribution in [2.45, 2.75) is 26.2 Å². The third kappa shape index (κ3) is 5.06. The molecule has 2 rings (SSSR count). The summed E-state index contributed by atoms with van der Waals surface area (Å²) in [4.78, 5) is 12.4. The first-order valence-electron chi connectivity index (χ1n) is 7.56. The average Bonchev–Trinajstić information content (AvgIpc) is 2.53. The third-order valence-electron chi connectivity index (χ3n) is 3.49. The molecule has 0 bridgehead atoms. The van der Waals surface area contributed by atoms with E-state index in [2.05, 4.69) is 31.3 Å². The molecule has 2 aromatic carbocycles. The second-order valence-electron chi connectivity index (χ2n) is 6.50. The van der Waals surface area contributed by atoms with Crippen LogP contribution in [0.2, 0.25) is 10.0 Å². The molecule has 0 fully saturated rings. The van der Waals surface area contributed by atoms with Crippen molar-refractivity contribution in [2.75, 3.05) is 5.43 Å². The number of nitrogens with zero attached hydrogens (tertiary/aromatic N) is 2. The number of rotatable bonds is 4. The standard InChI is InChI=1S/C19H17Cl2N3O/c1-19(2,3)13-6-4-12(5-7-13)18(25)17(11-22)24-23-16-9-14(20)8-15(21)10-16/h4-10,23H,1-3H3/b24-17+. The van der Waals surface area contributed by atoms with Crippen molar-refractivity contribution in [3.63, 3.8) is 0 Å². The van der Waals surface area contributed by atoms with Gasteiger partial charge in [-0.25, -0.2) is 0 Å². The first kappa shape index (κ1) is 19.0. The zero-order chi connectivity index (χ0) is 18.6. The molecule has 25 heavy (non-hydrogen) atoms. The molecular weight excluding hydrogens is 357 g/mol. The number of carbonyl (C=O) groups is 1. The largest absolute Gasteiger partial charge is 0.286 e. The van der Waals surface area contributed by atoms with Crippen molar-refractivity contribution in [1.82, 2.24) is 0 Å². The lowest BCUT2D eigenvalue weighted by Crippen LogP contribution is -2.15. The van der Waals surface area contributed by atoms with Crippen molar-refractivity contribution in [3.05, 3.63) is 63.6 Å². The number of hydrazone groups is 1. The lowest BCUT2D eigenvalue weighted by atomic mass is 9.86. The number of hydrogen-bond acceptors (Lipinski definition) is 4. The maximum atomic E-state index is 12.4. The molecule has 4 nitrogen and oxygen atoms in total. The van der Waals surface area contributed by atoms with Gasteiger partial charge in [-0.15, -0.1) is 0 Å². The summed E-state index contributed by atoms with van der Waals surface area (Å²) in [5, 5.41) is 14.0. The van der Waals surface area contributed by atoms with E-state index in [0.29, 0.717) is 21.3 Å². The first-order chi connectivity index (χ1) is 11.7. The first-order valence-corrected chi connectivity index (χ1v) is 8.31. The Balaban J connectivity index is 2.22. The summed E-state index contributed by atoms with van der Waals surface area (Å²) in [6.45, 7) is 6.27. The molecular formula is C19H17Cl2N3O. The highest BCUT2D eigenvalue weighted by Crippen LogP contribution is 2.23. The average molecular weight is 374 g/mol. The zero-order valence-corrected chi connectivity index (χ0v) is 15.6. The van der Waals surface area contributed by atoms with Crippen molar-refractivity contribution < 1.29 is 4.79 Å². The normalized spacial score (nSPS) is 11.8. The van der Waals surface area contributed by atoms with E-state index in [0.717, 1.165) is 5.56 Å². The van der Waals surface area contributed by atoms with Gasteiger partial charge in [-0.1, -0.05) is 68.2 Å². The molecule has 0 spiro atoms. The Hall–Kier alpha value is -2.35. The van der Waals surface area contributed by atoms with Gasteiger partial charge >= 0.3 is 0 Å². The quantitative estimate of drug-likeness (QED) is 0.439.